The van der Waals surface area contributed by atoms with Crippen molar-refractivity contribution < 1.29 is 19.1 Å². The summed E-state index contributed by atoms with van der Waals surface area (Å²) in [4.78, 5) is 28.8. The molecule has 0 atom stereocenters. The van der Waals surface area contributed by atoms with E-state index >= 15 is 0 Å². The number of nitrogens with one attached hydrogen (secondary N) is 2. The van der Waals surface area contributed by atoms with Gasteiger partial charge >= 0.3 is 12.2 Å². The number of hydrogen-bond acceptors (Lipinski definition) is 6. The number of carbonyl (C=O) groups is 2. The van der Waals surface area contributed by atoms with Crippen LogP contribution in [-0.4, -0.2) is 75.5 Å². The summed E-state index contributed by atoms with van der Waals surface area (Å²) in [6.07, 6.45) is 10.6. The summed E-state index contributed by atoms with van der Waals surface area (Å²) in [6, 6.07) is 6.93. The van der Waals surface area contributed by atoms with Crippen LogP contribution in [0.1, 0.15) is 78.1 Å². The van der Waals surface area contributed by atoms with Gasteiger partial charge in [-0.25, -0.2) is 9.59 Å². The topological polar surface area (TPSA) is 83.1 Å². The average molecular weight is 507 g/mol. The van der Waals surface area contributed by atoms with Crippen molar-refractivity contribution in [1.82, 2.24) is 9.80 Å². The Morgan fingerprint density at radius 3 is 1.50 bits per heavy atom. The van der Waals surface area contributed by atoms with E-state index in [-0.39, 0.29) is 0 Å². The summed E-state index contributed by atoms with van der Waals surface area (Å²) in [5, 5.41) is 5.42. The van der Waals surface area contributed by atoms with E-state index < -0.39 is 12.2 Å². The Morgan fingerprint density at radius 2 is 1.08 bits per heavy atom. The van der Waals surface area contributed by atoms with Crippen LogP contribution in [0.5, 0.6) is 0 Å². The van der Waals surface area contributed by atoms with Crippen molar-refractivity contribution in [3.05, 3.63) is 24.3 Å². The van der Waals surface area contributed by atoms with E-state index in [2.05, 4.69) is 48.4 Å². The smallest absolute Gasteiger partial charge is 0.411 e. The summed E-state index contributed by atoms with van der Waals surface area (Å²) >= 11 is 0. The first-order chi connectivity index (χ1) is 17.4. The van der Waals surface area contributed by atoms with Gasteiger partial charge in [-0.3, -0.25) is 10.6 Å². The lowest BCUT2D eigenvalue weighted by atomic mass is 10.2. The third-order valence-electron chi connectivity index (χ3n) is 5.98. The van der Waals surface area contributed by atoms with E-state index in [0.717, 1.165) is 39.0 Å². The predicted octanol–water partition coefficient (Wildman–Crippen LogP) is 6.59. The predicted molar refractivity (Wildman–Crippen MR) is 149 cm³/mol. The Bertz CT molecular complexity index is 661. The molecule has 36 heavy (non-hydrogen) atoms. The number of amides is 2. The molecule has 0 aliphatic heterocycles. The van der Waals surface area contributed by atoms with E-state index in [1.165, 1.54) is 51.4 Å². The molecule has 206 valence electrons. The van der Waals surface area contributed by atoms with Crippen molar-refractivity contribution in [2.45, 2.75) is 78.1 Å². The van der Waals surface area contributed by atoms with Crippen LogP contribution in [-0.2, 0) is 9.47 Å². The molecule has 0 fully saturated rings. The molecule has 0 bridgehead atoms. The molecule has 2 N–H and O–H groups in total. The molecular weight excluding hydrogens is 456 g/mol. The molecule has 0 spiro atoms. The van der Waals surface area contributed by atoms with Crippen molar-refractivity contribution in [2.75, 3.05) is 64.1 Å². The zero-order valence-electron chi connectivity index (χ0n) is 23.2. The summed E-state index contributed by atoms with van der Waals surface area (Å²) in [5.74, 6) is 0. The molecule has 0 heterocycles. The minimum atomic E-state index is -0.501. The van der Waals surface area contributed by atoms with Gasteiger partial charge in [0.2, 0.25) is 0 Å². The van der Waals surface area contributed by atoms with Crippen LogP contribution in [0, 0.1) is 0 Å². The Balaban J connectivity index is 2.20. The SMILES string of the molecule is CCCCCCN(C)CCCOC(=O)Nc1cccc(NC(=O)OCCCN(C)CCCCCC)c1. The van der Waals surface area contributed by atoms with Crippen molar-refractivity contribution in [1.29, 1.82) is 0 Å². The lowest BCUT2D eigenvalue weighted by Crippen LogP contribution is -2.23. The van der Waals surface area contributed by atoms with Gasteiger partial charge in [-0.1, -0.05) is 58.4 Å². The second-order valence-corrected chi connectivity index (χ2v) is 9.54. The summed E-state index contributed by atoms with van der Waals surface area (Å²) < 4.78 is 10.6. The van der Waals surface area contributed by atoms with Gasteiger partial charge in [0.1, 0.15) is 0 Å². The maximum absolute atomic E-state index is 12.1. The van der Waals surface area contributed by atoms with Gasteiger partial charge in [-0.2, -0.15) is 0 Å². The quantitative estimate of drug-likeness (QED) is 0.194. The third-order valence-corrected chi connectivity index (χ3v) is 5.98. The number of nitrogens with zero attached hydrogens (tertiary/aromatic N) is 2. The van der Waals surface area contributed by atoms with Gasteiger partial charge in [0.25, 0.3) is 0 Å². The van der Waals surface area contributed by atoms with Gasteiger partial charge < -0.3 is 19.3 Å². The van der Waals surface area contributed by atoms with Crippen molar-refractivity contribution in [3.8, 4) is 0 Å². The zero-order valence-corrected chi connectivity index (χ0v) is 23.2. The Kier molecular flexibility index (Phi) is 18.3. The van der Waals surface area contributed by atoms with Crippen LogP contribution >= 0.6 is 0 Å². The van der Waals surface area contributed by atoms with Crippen molar-refractivity contribution in [2.24, 2.45) is 0 Å². The van der Waals surface area contributed by atoms with Gasteiger partial charge in [0.15, 0.2) is 0 Å². The normalized spacial score (nSPS) is 11.1. The molecule has 0 unspecified atom stereocenters. The third kappa shape index (κ3) is 17.2. The van der Waals surface area contributed by atoms with Crippen molar-refractivity contribution in [3.63, 3.8) is 0 Å². The molecule has 0 radical (unpaired) electrons. The lowest BCUT2D eigenvalue weighted by Gasteiger charge is -2.16. The van der Waals surface area contributed by atoms with E-state index in [9.17, 15) is 9.59 Å². The summed E-state index contributed by atoms with van der Waals surface area (Å²) in [5.41, 5.74) is 1.10. The average Bonchev–Trinajstić information content (AvgIpc) is 2.85. The molecule has 1 rings (SSSR count). The van der Waals surface area contributed by atoms with Gasteiger partial charge in [-0.05, 0) is 71.1 Å². The van der Waals surface area contributed by atoms with E-state index in [1.807, 2.05) is 0 Å². The maximum Gasteiger partial charge on any atom is 0.411 e. The first-order valence-electron chi connectivity index (χ1n) is 13.8. The minimum absolute atomic E-state index is 0.364. The largest absolute Gasteiger partial charge is 0.449 e. The molecule has 1 aromatic rings. The van der Waals surface area contributed by atoms with Gasteiger partial charge in [0, 0.05) is 24.5 Å². The van der Waals surface area contributed by atoms with Crippen LogP contribution in [0.2, 0.25) is 0 Å². The van der Waals surface area contributed by atoms with E-state index in [4.69, 9.17) is 9.47 Å². The first-order valence-corrected chi connectivity index (χ1v) is 13.8. The number of hydrogen-bond donors (Lipinski definition) is 2. The molecule has 0 aliphatic rings. The highest BCUT2D eigenvalue weighted by Gasteiger charge is 2.08. The molecule has 1 aromatic carbocycles. The molecule has 8 heteroatoms. The molecule has 0 saturated carbocycles. The van der Waals surface area contributed by atoms with Crippen LogP contribution in [0.25, 0.3) is 0 Å². The zero-order chi connectivity index (χ0) is 26.4. The van der Waals surface area contributed by atoms with E-state index in [1.54, 1.807) is 24.3 Å². The van der Waals surface area contributed by atoms with E-state index in [0.29, 0.717) is 24.6 Å². The number of ether oxygens (including phenoxy) is 2. The molecule has 8 nitrogen and oxygen atoms in total. The highest BCUT2D eigenvalue weighted by atomic mass is 16.6. The highest BCUT2D eigenvalue weighted by Crippen LogP contribution is 2.15. The lowest BCUT2D eigenvalue weighted by molar-refractivity contribution is 0.154. The Morgan fingerprint density at radius 1 is 0.667 bits per heavy atom. The van der Waals surface area contributed by atoms with Crippen LogP contribution in [0.4, 0.5) is 21.0 Å². The molecule has 0 saturated heterocycles. The number of carbonyl (C=O) groups excluding carboxylic acids is 2. The second-order valence-electron chi connectivity index (χ2n) is 9.54. The fourth-order valence-electron chi connectivity index (χ4n) is 3.82. The van der Waals surface area contributed by atoms with Crippen LogP contribution in [0.3, 0.4) is 0 Å². The first kappa shape index (κ1) is 31.7. The number of benzene rings is 1. The Labute approximate surface area is 219 Å². The van der Waals surface area contributed by atoms with Crippen LogP contribution < -0.4 is 10.6 Å². The summed E-state index contributed by atoms with van der Waals surface area (Å²) in [7, 11) is 4.20. The van der Waals surface area contributed by atoms with Crippen LogP contribution in [0.15, 0.2) is 24.3 Å². The number of rotatable bonds is 20. The minimum Gasteiger partial charge on any atom is -0.449 e. The van der Waals surface area contributed by atoms with Gasteiger partial charge in [0.05, 0.1) is 13.2 Å². The fourth-order valence-corrected chi connectivity index (χ4v) is 3.82. The molecular formula is C28H50N4O4. The molecule has 2 amide bonds. The standard InChI is InChI=1S/C28H50N4O4/c1-5-7-9-11-18-31(3)20-14-22-35-27(33)29-25-16-13-17-26(24-25)30-28(34)36-23-15-21-32(4)19-12-10-8-6-2/h13,16-17,24H,5-12,14-15,18-23H2,1-4H3,(H,29,33)(H,30,34). The molecule has 0 aromatic heterocycles. The molecule has 0 aliphatic carbocycles. The maximum atomic E-state index is 12.1. The second kappa shape index (κ2) is 20.8. The number of anilines is 2. The highest BCUT2D eigenvalue weighted by molar-refractivity contribution is 5.88. The van der Waals surface area contributed by atoms with Crippen molar-refractivity contribution >= 4 is 23.6 Å². The Hall–Kier alpha value is -2.32. The van der Waals surface area contributed by atoms with Gasteiger partial charge in [-0.15, -0.1) is 0 Å². The number of unbranched alkanes of at least 4 members (excludes halogenated alkanes) is 6. The summed E-state index contributed by atoms with van der Waals surface area (Å²) in [6.45, 7) is 9.10. The fraction of sp³-hybridized carbons (Fsp3) is 0.714. The monoisotopic (exact) mass is 506 g/mol.